The molecule has 4 heteroatoms. The van der Waals surface area contributed by atoms with Gasteiger partial charge in [0.2, 0.25) is 0 Å². The van der Waals surface area contributed by atoms with Crippen molar-refractivity contribution in [3.63, 3.8) is 0 Å². The van der Waals surface area contributed by atoms with Crippen LogP contribution >= 0.6 is 27.7 Å². The molecule has 0 unspecified atom stereocenters. The Morgan fingerprint density at radius 3 is 2.67 bits per heavy atom. The summed E-state index contributed by atoms with van der Waals surface area (Å²) in [6, 6.07) is 12.3. The van der Waals surface area contributed by atoms with E-state index in [2.05, 4.69) is 40.0 Å². The zero-order valence-electron chi connectivity index (χ0n) is 10.1. The van der Waals surface area contributed by atoms with E-state index in [1.807, 2.05) is 30.5 Å². The molecule has 2 rings (SSSR count). The molecule has 2 nitrogen and oxygen atoms in total. The molecule has 1 atom stereocenters. The molecule has 0 amide bonds. The monoisotopic (exact) mass is 322 g/mol. The van der Waals surface area contributed by atoms with Crippen molar-refractivity contribution in [1.82, 2.24) is 4.98 Å². The highest BCUT2D eigenvalue weighted by Crippen LogP contribution is 2.33. The van der Waals surface area contributed by atoms with Crippen LogP contribution in [-0.2, 0) is 0 Å². The van der Waals surface area contributed by atoms with Crippen molar-refractivity contribution in [3.8, 4) is 0 Å². The quantitative estimate of drug-likeness (QED) is 0.906. The smallest absolute Gasteiger partial charge is 0.0571 e. The lowest BCUT2D eigenvalue weighted by molar-refractivity contribution is 0.674. The molecule has 94 valence electrons. The molecule has 0 aliphatic carbocycles. The van der Waals surface area contributed by atoms with Crippen molar-refractivity contribution in [2.75, 3.05) is 0 Å². The SMILES string of the molecule is CC[C@H](N)c1ccc(Sc2ccccc2Br)cn1. The maximum atomic E-state index is 5.94. The van der Waals surface area contributed by atoms with Gasteiger partial charge in [-0.25, -0.2) is 0 Å². The second kappa shape index (κ2) is 6.36. The Morgan fingerprint density at radius 2 is 2.06 bits per heavy atom. The summed E-state index contributed by atoms with van der Waals surface area (Å²) in [6.45, 7) is 2.07. The van der Waals surface area contributed by atoms with Gasteiger partial charge in [-0.3, -0.25) is 4.98 Å². The van der Waals surface area contributed by atoms with Crippen molar-refractivity contribution in [2.24, 2.45) is 5.73 Å². The molecule has 0 saturated carbocycles. The van der Waals surface area contributed by atoms with Gasteiger partial charge in [-0.1, -0.05) is 30.8 Å². The maximum Gasteiger partial charge on any atom is 0.0571 e. The van der Waals surface area contributed by atoms with Crippen LogP contribution in [0.4, 0.5) is 0 Å². The van der Waals surface area contributed by atoms with E-state index in [1.165, 1.54) is 4.90 Å². The van der Waals surface area contributed by atoms with Gasteiger partial charge in [0, 0.05) is 26.5 Å². The van der Waals surface area contributed by atoms with Crippen LogP contribution in [0.5, 0.6) is 0 Å². The molecule has 0 bridgehead atoms. The van der Waals surface area contributed by atoms with Gasteiger partial charge in [-0.15, -0.1) is 0 Å². The van der Waals surface area contributed by atoms with Gasteiger partial charge in [-0.05, 0) is 46.6 Å². The van der Waals surface area contributed by atoms with Gasteiger partial charge >= 0.3 is 0 Å². The Hall–Kier alpha value is -0.840. The van der Waals surface area contributed by atoms with Crippen LogP contribution in [-0.4, -0.2) is 4.98 Å². The number of nitrogens with zero attached hydrogens (tertiary/aromatic N) is 1. The zero-order chi connectivity index (χ0) is 13.0. The fourth-order valence-corrected chi connectivity index (χ4v) is 2.87. The molecule has 2 aromatic rings. The largest absolute Gasteiger partial charge is 0.323 e. The predicted octanol–water partition coefficient (Wildman–Crippen LogP) is 4.41. The summed E-state index contributed by atoms with van der Waals surface area (Å²) >= 11 is 5.23. The van der Waals surface area contributed by atoms with E-state index in [9.17, 15) is 0 Å². The lowest BCUT2D eigenvalue weighted by Gasteiger charge is -2.09. The van der Waals surface area contributed by atoms with Crippen LogP contribution in [0.3, 0.4) is 0 Å². The molecule has 0 aliphatic heterocycles. The number of halogens is 1. The van der Waals surface area contributed by atoms with E-state index in [0.29, 0.717) is 0 Å². The lowest BCUT2D eigenvalue weighted by atomic mass is 10.1. The number of nitrogens with two attached hydrogens (primary N) is 1. The topological polar surface area (TPSA) is 38.9 Å². The van der Waals surface area contributed by atoms with Gasteiger partial charge < -0.3 is 5.73 Å². The molecule has 18 heavy (non-hydrogen) atoms. The second-order valence-electron chi connectivity index (χ2n) is 3.97. The number of rotatable bonds is 4. The molecule has 0 spiro atoms. The minimum atomic E-state index is 0.0347. The molecule has 2 N–H and O–H groups in total. The minimum Gasteiger partial charge on any atom is -0.323 e. The third-order valence-corrected chi connectivity index (χ3v) is 4.65. The molecule has 0 aliphatic rings. The number of benzene rings is 1. The first-order valence-corrected chi connectivity index (χ1v) is 7.45. The van der Waals surface area contributed by atoms with Crippen LogP contribution in [0.2, 0.25) is 0 Å². The maximum absolute atomic E-state index is 5.94. The van der Waals surface area contributed by atoms with E-state index in [4.69, 9.17) is 5.73 Å². The standard InChI is InChI=1S/C14H15BrN2S/c1-2-12(16)13-8-7-10(9-17-13)18-14-6-4-3-5-11(14)15/h3-9,12H,2,16H2,1H3/t12-/m0/s1. The molecular weight excluding hydrogens is 308 g/mol. The summed E-state index contributed by atoms with van der Waals surface area (Å²) in [5.74, 6) is 0. The van der Waals surface area contributed by atoms with Crippen LogP contribution < -0.4 is 5.73 Å². The average molecular weight is 323 g/mol. The van der Waals surface area contributed by atoms with Crippen LogP contribution in [0.1, 0.15) is 25.1 Å². The molecule has 1 heterocycles. The molecular formula is C14H15BrN2S. The minimum absolute atomic E-state index is 0.0347. The lowest BCUT2D eigenvalue weighted by Crippen LogP contribution is -2.10. The Morgan fingerprint density at radius 1 is 1.28 bits per heavy atom. The summed E-state index contributed by atoms with van der Waals surface area (Å²) in [7, 11) is 0. The summed E-state index contributed by atoms with van der Waals surface area (Å²) in [4.78, 5) is 6.72. The van der Waals surface area contributed by atoms with Gasteiger partial charge in [0.05, 0.1) is 5.69 Å². The molecule has 1 aromatic carbocycles. The number of aromatic nitrogens is 1. The number of pyridine rings is 1. The summed E-state index contributed by atoms with van der Waals surface area (Å²) in [5, 5.41) is 0. The highest BCUT2D eigenvalue weighted by atomic mass is 79.9. The second-order valence-corrected chi connectivity index (χ2v) is 5.94. The van der Waals surface area contributed by atoms with Gasteiger partial charge in [-0.2, -0.15) is 0 Å². The molecule has 0 saturated heterocycles. The molecule has 0 radical (unpaired) electrons. The van der Waals surface area contributed by atoms with Gasteiger partial charge in [0.15, 0.2) is 0 Å². The van der Waals surface area contributed by atoms with E-state index >= 15 is 0 Å². The first kappa shape index (κ1) is 13.6. The third-order valence-electron chi connectivity index (χ3n) is 2.64. The highest BCUT2D eigenvalue weighted by molar-refractivity contribution is 9.10. The molecule has 1 aromatic heterocycles. The highest BCUT2D eigenvalue weighted by Gasteiger charge is 2.06. The normalized spacial score (nSPS) is 12.4. The van der Waals surface area contributed by atoms with Crippen molar-refractivity contribution >= 4 is 27.7 Å². The van der Waals surface area contributed by atoms with Crippen molar-refractivity contribution < 1.29 is 0 Å². The van der Waals surface area contributed by atoms with Crippen molar-refractivity contribution in [3.05, 3.63) is 52.8 Å². The average Bonchev–Trinajstić information content (AvgIpc) is 2.41. The van der Waals surface area contributed by atoms with Crippen molar-refractivity contribution in [2.45, 2.75) is 29.2 Å². The van der Waals surface area contributed by atoms with E-state index < -0.39 is 0 Å². The van der Waals surface area contributed by atoms with E-state index in [0.717, 1.165) is 21.5 Å². The predicted molar refractivity (Wildman–Crippen MR) is 79.7 cm³/mol. The van der Waals surface area contributed by atoms with Gasteiger partial charge in [0.25, 0.3) is 0 Å². The first-order valence-electron chi connectivity index (χ1n) is 5.84. The Kier molecular flexibility index (Phi) is 4.80. The fraction of sp³-hybridized carbons (Fsp3) is 0.214. The van der Waals surface area contributed by atoms with E-state index in [1.54, 1.807) is 11.8 Å². The zero-order valence-corrected chi connectivity index (χ0v) is 12.5. The van der Waals surface area contributed by atoms with Gasteiger partial charge in [0.1, 0.15) is 0 Å². The number of hydrogen-bond donors (Lipinski definition) is 1. The Balaban J connectivity index is 2.14. The summed E-state index contributed by atoms with van der Waals surface area (Å²) < 4.78 is 1.10. The first-order chi connectivity index (χ1) is 8.70. The van der Waals surface area contributed by atoms with Crippen LogP contribution in [0.15, 0.2) is 56.9 Å². The third kappa shape index (κ3) is 3.34. The number of hydrogen-bond acceptors (Lipinski definition) is 3. The molecule has 0 fully saturated rings. The van der Waals surface area contributed by atoms with Crippen molar-refractivity contribution in [1.29, 1.82) is 0 Å². The summed E-state index contributed by atoms with van der Waals surface area (Å²) in [5.41, 5.74) is 6.90. The van der Waals surface area contributed by atoms with Crippen LogP contribution in [0.25, 0.3) is 0 Å². The fourth-order valence-electron chi connectivity index (χ4n) is 1.54. The van der Waals surface area contributed by atoms with Crippen LogP contribution in [0, 0.1) is 0 Å². The van der Waals surface area contributed by atoms with E-state index in [-0.39, 0.29) is 6.04 Å². The Bertz CT molecular complexity index is 513. The summed E-state index contributed by atoms with van der Waals surface area (Å²) in [6.07, 6.45) is 2.79. The Labute approximate surface area is 120 Å².